The van der Waals surface area contributed by atoms with E-state index in [-0.39, 0.29) is 6.42 Å². The molecule has 0 saturated carbocycles. The summed E-state index contributed by atoms with van der Waals surface area (Å²) in [4.78, 5) is 11.4. The number of aliphatic hydroxyl groups excluding tert-OH is 1. The molecule has 106 valence electrons. The van der Waals surface area contributed by atoms with Gasteiger partial charge >= 0.3 is 6.18 Å². The molecule has 0 fully saturated rings. The molecule has 7 heteroatoms. The Hall–Kier alpha value is -1.76. The number of carbonyl (C=O) groups excluding carboxylic acids is 1. The van der Waals surface area contributed by atoms with E-state index in [9.17, 15) is 18.0 Å². The number of hydrogen-bond donors (Lipinski definition) is 2. The Bertz CT molecular complexity index is 417. The maximum atomic E-state index is 12.0. The Balaban J connectivity index is 2.42. The Morgan fingerprint density at radius 2 is 1.95 bits per heavy atom. The van der Waals surface area contributed by atoms with Gasteiger partial charge in [-0.25, -0.2) is 0 Å². The first kappa shape index (κ1) is 15.3. The average molecular weight is 277 g/mol. The van der Waals surface area contributed by atoms with Gasteiger partial charge < -0.3 is 15.2 Å². The molecule has 0 aliphatic heterocycles. The van der Waals surface area contributed by atoms with Crippen LogP contribution in [0.25, 0.3) is 0 Å². The van der Waals surface area contributed by atoms with Gasteiger partial charge in [-0.2, -0.15) is 13.2 Å². The minimum atomic E-state index is -4.73. The van der Waals surface area contributed by atoms with Crippen molar-refractivity contribution in [2.24, 2.45) is 0 Å². The zero-order valence-electron chi connectivity index (χ0n) is 10.2. The van der Waals surface area contributed by atoms with Gasteiger partial charge in [-0.1, -0.05) is 12.1 Å². The molecule has 0 aliphatic carbocycles. The van der Waals surface area contributed by atoms with Crippen molar-refractivity contribution in [3.63, 3.8) is 0 Å². The lowest BCUT2D eigenvalue weighted by molar-refractivity contribution is -0.201. The molecule has 1 rings (SSSR count). The topological polar surface area (TPSA) is 58.6 Å². The van der Waals surface area contributed by atoms with Crippen LogP contribution in [-0.4, -0.2) is 36.9 Å². The third kappa shape index (κ3) is 5.17. The molecular formula is C12H14F3NO3. The van der Waals surface area contributed by atoms with E-state index in [1.54, 1.807) is 24.3 Å². The molecule has 1 amide bonds. The van der Waals surface area contributed by atoms with Crippen molar-refractivity contribution < 1.29 is 27.8 Å². The summed E-state index contributed by atoms with van der Waals surface area (Å²) in [5.41, 5.74) is 0.639. The van der Waals surface area contributed by atoms with Crippen LogP contribution in [0.2, 0.25) is 0 Å². The van der Waals surface area contributed by atoms with Gasteiger partial charge in [0, 0.05) is 0 Å². The number of carbonyl (C=O) groups is 1. The first-order chi connectivity index (χ1) is 8.82. The fraction of sp³-hybridized carbons (Fsp3) is 0.417. The summed E-state index contributed by atoms with van der Waals surface area (Å²) < 4.78 is 40.9. The van der Waals surface area contributed by atoms with E-state index in [0.29, 0.717) is 11.3 Å². The summed E-state index contributed by atoms with van der Waals surface area (Å²) in [6.45, 7) is -0.849. The van der Waals surface area contributed by atoms with Gasteiger partial charge in [0.25, 0.3) is 0 Å². The predicted octanol–water partition coefficient (Wildman–Crippen LogP) is 1.28. The van der Waals surface area contributed by atoms with Crippen molar-refractivity contribution in [2.45, 2.75) is 18.7 Å². The van der Waals surface area contributed by atoms with Gasteiger partial charge in [-0.3, -0.25) is 4.79 Å². The Labute approximate surface area is 108 Å². The van der Waals surface area contributed by atoms with Crippen LogP contribution in [0.1, 0.15) is 5.56 Å². The molecule has 1 atom stereocenters. The maximum absolute atomic E-state index is 12.0. The van der Waals surface area contributed by atoms with Gasteiger partial charge in [0.15, 0.2) is 6.10 Å². The van der Waals surface area contributed by atoms with Gasteiger partial charge in [-0.15, -0.1) is 0 Å². The van der Waals surface area contributed by atoms with Crippen LogP contribution in [0.15, 0.2) is 24.3 Å². The fourth-order valence-electron chi connectivity index (χ4n) is 1.32. The van der Waals surface area contributed by atoms with E-state index in [1.807, 2.05) is 5.32 Å². The van der Waals surface area contributed by atoms with E-state index in [4.69, 9.17) is 9.84 Å². The molecule has 2 N–H and O–H groups in total. The SMILES string of the molecule is COc1ccc(CC(=O)NCC(O)C(F)(F)F)cc1. The molecule has 0 heterocycles. The number of hydrogen-bond acceptors (Lipinski definition) is 3. The number of nitrogens with one attached hydrogen (secondary N) is 1. The zero-order valence-corrected chi connectivity index (χ0v) is 10.2. The lowest BCUT2D eigenvalue weighted by atomic mass is 10.1. The lowest BCUT2D eigenvalue weighted by Crippen LogP contribution is -2.41. The molecule has 1 unspecified atom stereocenters. The standard InChI is InChI=1S/C12H14F3NO3/c1-19-9-4-2-8(3-5-9)6-11(18)16-7-10(17)12(13,14)15/h2-5,10,17H,6-7H2,1H3,(H,16,18). The molecule has 4 nitrogen and oxygen atoms in total. The number of halogens is 3. The van der Waals surface area contributed by atoms with Crippen LogP contribution in [0, 0.1) is 0 Å². The summed E-state index contributed by atoms with van der Waals surface area (Å²) in [5, 5.41) is 10.7. The lowest BCUT2D eigenvalue weighted by Gasteiger charge is -2.15. The van der Waals surface area contributed by atoms with Gasteiger partial charge in [0.2, 0.25) is 5.91 Å². The normalized spacial score (nSPS) is 12.9. The van der Waals surface area contributed by atoms with Crippen molar-refractivity contribution >= 4 is 5.91 Å². The highest BCUT2D eigenvalue weighted by Gasteiger charge is 2.38. The van der Waals surface area contributed by atoms with E-state index in [1.165, 1.54) is 7.11 Å². The third-order valence-electron chi connectivity index (χ3n) is 2.39. The molecule has 0 bridgehead atoms. The monoisotopic (exact) mass is 277 g/mol. The van der Waals surface area contributed by atoms with Gasteiger partial charge in [-0.05, 0) is 17.7 Å². The summed E-state index contributed by atoms with van der Waals surface area (Å²) in [6.07, 6.45) is -7.34. The van der Waals surface area contributed by atoms with E-state index >= 15 is 0 Å². The van der Waals surface area contributed by atoms with Crippen molar-refractivity contribution in [3.05, 3.63) is 29.8 Å². The highest BCUT2D eigenvalue weighted by molar-refractivity contribution is 5.78. The number of alkyl halides is 3. The largest absolute Gasteiger partial charge is 0.497 e. The number of aliphatic hydroxyl groups is 1. The van der Waals surface area contributed by atoms with Crippen LogP contribution in [0.4, 0.5) is 13.2 Å². The molecular weight excluding hydrogens is 263 g/mol. The van der Waals surface area contributed by atoms with Crippen molar-refractivity contribution in [1.29, 1.82) is 0 Å². The predicted molar refractivity (Wildman–Crippen MR) is 61.8 cm³/mol. The second-order valence-electron chi connectivity index (χ2n) is 3.89. The number of amides is 1. The average Bonchev–Trinajstić information content (AvgIpc) is 2.35. The van der Waals surface area contributed by atoms with E-state index < -0.39 is 24.7 Å². The molecule has 1 aromatic carbocycles. The smallest absolute Gasteiger partial charge is 0.416 e. The summed E-state index contributed by atoms with van der Waals surface area (Å²) in [7, 11) is 1.50. The maximum Gasteiger partial charge on any atom is 0.416 e. The minimum Gasteiger partial charge on any atom is -0.497 e. The second kappa shape index (κ2) is 6.42. The first-order valence-electron chi connectivity index (χ1n) is 5.47. The Kier molecular flexibility index (Phi) is 5.17. The van der Waals surface area contributed by atoms with E-state index in [0.717, 1.165) is 0 Å². The van der Waals surface area contributed by atoms with Gasteiger partial charge in [0.05, 0.1) is 20.1 Å². The fourth-order valence-corrected chi connectivity index (χ4v) is 1.32. The number of ether oxygens (including phenoxy) is 1. The molecule has 0 aliphatic rings. The van der Waals surface area contributed by atoms with Crippen LogP contribution in [0.3, 0.4) is 0 Å². The summed E-state index contributed by atoms with van der Waals surface area (Å²) in [5.74, 6) is 0.0325. The second-order valence-corrected chi connectivity index (χ2v) is 3.89. The quantitative estimate of drug-likeness (QED) is 0.852. The highest BCUT2D eigenvalue weighted by atomic mass is 19.4. The number of benzene rings is 1. The van der Waals surface area contributed by atoms with E-state index in [2.05, 4.69) is 0 Å². The van der Waals surface area contributed by atoms with Crippen LogP contribution >= 0.6 is 0 Å². The molecule has 1 aromatic rings. The molecule has 0 aromatic heterocycles. The zero-order chi connectivity index (χ0) is 14.5. The number of rotatable bonds is 5. The van der Waals surface area contributed by atoms with Crippen LogP contribution in [0.5, 0.6) is 5.75 Å². The van der Waals surface area contributed by atoms with Gasteiger partial charge in [0.1, 0.15) is 5.75 Å². The van der Waals surface area contributed by atoms with Crippen LogP contribution in [-0.2, 0) is 11.2 Å². The molecule has 0 saturated heterocycles. The van der Waals surface area contributed by atoms with Crippen molar-refractivity contribution in [2.75, 3.05) is 13.7 Å². The van der Waals surface area contributed by atoms with Crippen molar-refractivity contribution in [1.82, 2.24) is 5.32 Å². The molecule has 0 spiro atoms. The summed E-state index contributed by atoms with van der Waals surface area (Å²) in [6, 6.07) is 6.57. The highest BCUT2D eigenvalue weighted by Crippen LogP contribution is 2.19. The first-order valence-corrected chi connectivity index (χ1v) is 5.47. The Morgan fingerprint density at radius 1 is 1.37 bits per heavy atom. The summed E-state index contributed by atoms with van der Waals surface area (Å²) >= 11 is 0. The minimum absolute atomic E-state index is 0.0609. The molecule has 0 radical (unpaired) electrons. The molecule has 19 heavy (non-hydrogen) atoms. The third-order valence-corrected chi connectivity index (χ3v) is 2.39. The van der Waals surface area contributed by atoms with Crippen molar-refractivity contribution in [3.8, 4) is 5.75 Å². The number of methoxy groups -OCH3 is 1. The van der Waals surface area contributed by atoms with Crippen LogP contribution < -0.4 is 10.1 Å². The Morgan fingerprint density at radius 3 is 2.42 bits per heavy atom.